The first-order valence-corrected chi connectivity index (χ1v) is 7.81. The van der Waals surface area contributed by atoms with Crippen LogP contribution in [0.3, 0.4) is 0 Å². The Morgan fingerprint density at radius 1 is 1.19 bits per heavy atom. The quantitative estimate of drug-likeness (QED) is 0.899. The van der Waals surface area contributed by atoms with Crippen molar-refractivity contribution in [1.82, 2.24) is 5.32 Å². The number of nitrogens with one attached hydrogen (secondary N) is 2. The normalized spacial score (nSPS) is 19.5. The summed E-state index contributed by atoms with van der Waals surface area (Å²) >= 11 is 0. The molecular weight excluding hydrogens is 266 g/mol. The van der Waals surface area contributed by atoms with Crippen molar-refractivity contribution >= 4 is 17.4 Å². The van der Waals surface area contributed by atoms with Gasteiger partial charge in [-0.3, -0.25) is 0 Å². The van der Waals surface area contributed by atoms with E-state index in [4.69, 9.17) is 4.74 Å². The minimum absolute atomic E-state index is 0.0963. The van der Waals surface area contributed by atoms with E-state index in [1.165, 1.54) is 12.8 Å². The third-order valence-corrected chi connectivity index (χ3v) is 4.17. The van der Waals surface area contributed by atoms with Crippen molar-refractivity contribution in [3.8, 4) is 0 Å². The molecule has 2 fully saturated rings. The molecule has 114 valence electrons. The smallest absolute Gasteiger partial charge is 0.319 e. The van der Waals surface area contributed by atoms with Gasteiger partial charge < -0.3 is 20.3 Å². The molecule has 1 saturated carbocycles. The van der Waals surface area contributed by atoms with Gasteiger partial charge in [0.05, 0.1) is 13.2 Å². The van der Waals surface area contributed by atoms with Crippen molar-refractivity contribution in [2.75, 3.05) is 36.5 Å². The predicted octanol–water partition coefficient (Wildman–Crippen LogP) is 2.59. The fourth-order valence-electron chi connectivity index (χ4n) is 3.02. The van der Waals surface area contributed by atoms with E-state index in [1.807, 2.05) is 18.2 Å². The van der Waals surface area contributed by atoms with Crippen LogP contribution in [0.1, 0.15) is 25.7 Å². The summed E-state index contributed by atoms with van der Waals surface area (Å²) in [5.74, 6) is 0. The van der Waals surface area contributed by atoms with Crippen LogP contribution in [-0.2, 0) is 4.74 Å². The standard InChI is InChI=1S/C16H23N3O2/c20-16(17-13-4-1-2-5-13)18-14-6-3-7-15(12-14)19-8-10-21-11-9-19/h3,6-7,12-13H,1-2,4-5,8-11H2,(H2,17,18,20). The first-order chi connectivity index (χ1) is 10.3. The Hall–Kier alpha value is -1.75. The minimum atomic E-state index is -0.0963. The number of hydrogen-bond acceptors (Lipinski definition) is 3. The number of hydrogen-bond donors (Lipinski definition) is 2. The highest BCUT2D eigenvalue weighted by Gasteiger charge is 2.17. The maximum atomic E-state index is 12.0. The highest BCUT2D eigenvalue weighted by Crippen LogP contribution is 2.21. The molecule has 5 nitrogen and oxygen atoms in total. The van der Waals surface area contributed by atoms with E-state index in [-0.39, 0.29) is 6.03 Å². The molecule has 1 aromatic rings. The van der Waals surface area contributed by atoms with Crippen LogP contribution in [0.25, 0.3) is 0 Å². The Bertz CT molecular complexity index is 480. The first kappa shape index (κ1) is 14.2. The van der Waals surface area contributed by atoms with Crippen LogP contribution in [0, 0.1) is 0 Å². The number of anilines is 2. The summed E-state index contributed by atoms with van der Waals surface area (Å²) in [6, 6.07) is 8.26. The largest absolute Gasteiger partial charge is 0.378 e. The van der Waals surface area contributed by atoms with Crippen LogP contribution in [0.15, 0.2) is 24.3 Å². The molecule has 1 heterocycles. The van der Waals surface area contributed by atoms with Crippen molar-refractivity contribution in [2.45, 2.75) is 31.7 Å². The molecule has 3 rings (SSSR count). The predicted molar refractivity (Wildman–Crippen MR) is 83.9 cm³/mol. The Balaban J connectivity index is 1.58. The Labute approximate surface area is 125 Å². The van der Waals surface area contributed by atoms with E-state index >= 15 is 0 Å². The molecule has 1 aliphatic heterocycles. The van der Waals surface area contributed by atoms with Crippen molar-refractivity contribution in [1.29, 1.82) is 0 Å². The molecule has 0 unspecified atom stereocenters. The summed E-state index contributed by atoms with van der Waals surface area (Å²) in [7, 11) is 0. The molecule has 2 aliphatic rings. The summed E-state index contributed by atoms with van der Waals surface area (Å²) in [6.45, 7) is 3.33. The molecule has 1 aromatic carbocycles. The molecule has 0 atom stereocenters. The maximum Gasteiger partial charge on any atom is 0.319 e. The van der Waals surface area contributed by atoms with Gasteiger partial charge in [0.25, 0.3) is 0 Å². The van der Waals surface area contributed by atoms with Gasteiger partial charge in [0, 0.05) is 30.5 Å². The second-order valence-electron chi connectivity index (χ2n) is 5.73. The maximum absolute atomic E-state index is 12.0. The van der Waals surface area contributed by atoms with Gasteiger partial charge in [-0.05, 0) is 31.0 Å². The Kier molecular flexibility index (Phi) is 4.60. The van der Waals surface area contributed by atoms with Gasteiger partial charge in [0.15, 0.2) is 0 Å². The highest BCUT2D eigenvalue weighted by molar-refractivity contribution is 5.90. The summed E-state index contributed by atoms with van der Waals surface area (Å²) < 4.78 is 5.37. The first-order valence-electron chi connectivity index (χ1n) is 7.81. The van der Waals surface area contributed by atoms with E-state index in [9.17, 15) is 4.79 Å². The van der Waals surface area contributed by atoms with E-state index < -0.39 is 0 Å². The van der Waals surface area contributed by atoms with E-state index in [0.29, 0.717) is 6.04 Å². The molecular formula is C16H23N3O2. The highest BCUT2D eigenvalue weighted by atomic mass is 16.5. The lowest BCUT2D eigenvalue weighted by atomic mass is 10.2. The van der Waals surface area contributed by atoms with Crippen molar-refractivity contribution in [3.05, 3.63) is 24.3 Å². The van der Waals surface area contributed by atoms with Crippen LogP contribution >= 0.6 is 0 Å². The van der Waals surface area contributed by atoms with Crippen molar-refractivity contribution in [3.63, 3.8) is 0 Å². The monoisotopic (exact) mass is 289 g/mol. The van der Waals surface area contributed by atoms with Crippen LogP contribution in [0.2, 0.25) is 0 Å². The van der Waals surface area contributed by atoms with Gasteiger partial charge in [0.1, 0.15) is 0 Å². The Morgan fingerprint density at radius 2 is 1.95 bits per heavy atom. The summed E-state index contributed by atoms with van der Waals surface area (Å²) in [6.07, 6.45) is 4.64. The lowest BCUT2D eigenvalue weighted by Gasteiger charge is -2.29. The number of benzene rings is 1. The molecule has 0 spiro atoms. The van der Waals surface area contributed by atoms with Gasteiger partial charge >= 0.3 is 6.03 Å². The van der Waals surface area contributed by atoms with E-state index in [1.54, 1.807) is 0 Å². The molecule has 0 bridgehead atoms. The number of carbonyl (C=O) groups is 1. The van der Waals surface area contributed by atoms with Crippen LogP contribution in [-0.4, -0.2) is 38.4 Å². The minimum Gasteiger partial charge on any atom is -0.378 e. The number of morpholine rings is 1. The van der Waals surface area contributed by atoms with Gasteiger partial charge in [-0.1, -0.05) is 18.9 Å². The molecule has 1 saturated heterocycles. The zero-order valence-electron chi connectivity index (χ0n) is 12.3. The lowest BCUT2D eigenvalue weighted by molar-refractivity contribution is 0.122. The molecule has 0 aromatic heterocycles. The van der Waals surface area contributed by atoms with Gasteiger partial charge in [-0.25, -0.2) is 4.79 Å². The third kappa shape index (κ3) is 3.88. The lowest BCUT2D eigenvalue weighted by Crippen LogP contribution is -2.37. The van der Waals surface area contributed by atoms with Gasteiger partial charge in [-0.15, -0.1) is 0 Å². The molecule has 2 amide bonds. The number of urea groups is 1. The second kappa shape index (κ2) is 6.80. The van der Waals surface area contributed by atoms with Gasteiger partial charge in [0.2, 0.25) is 0 Å². The number of carbonyl (C=O) groups excluding carboxylic acids is 1. The average molecular weight is 289 g/mol. The van der Waals surface area contributed by atoms with Crippen LogP contribution < -0.4 is 15.5 Å². The second-order valence-corrected chi connectivity index (χ2v) is 5.73. The van der Waals surface area contributed by atoms with Gasteiger partial charge in [-0.2, -0.15) is 0 Å². The fourth-order valence-corrected chi connectivity index (χ4v) is 3.02. The topological polar surface area (TPSA) is 53.6 Å². The summed E-state index contributed by atoms with van der Waals surface area (Å²) in [4.78, 5) is 14.3. The van der Waals surface area contributed by atoms with E-state index in [2.05, 4.69) is 21.6 Å². The third-order valence-electron chi connectivity index (χ3n) is 4.17. The molecule has 21 heavy (non-hydrogen) atoms. The number of nitrogens with zero attached hydrogens (tertiary/aromatic N) is 1. The molecule has 5 heteroatoms. The number of rotatable bonds is 3. The Morgan fingerprint density at radius 3 is 2.71 bits per heavy atom. The van der Waals surface area contributed by atoms with E-state index in [0.717, 1.165) is 50.5 Å². The number of amides is 2. The van der Waals surface area contributed by atoms with Crippen LogP contribution in [0.5, 0.6) is 0 Å². The zero-order valence-corrected chi connectivity index (χ0v) is 12.3. The van der Waals surface area contributed by atoms with Crippen molar-refractivity contribution in [2.24, 2.45) is 0 Å². The van der Waals surface area contributed by atoms with Crippen molar-refractivity contribution < 1.29 is 9.53 Å². The molecule has 2 N–H and O–H groups in total. The fraction of sp³-hybridized carbons (Fsp3) is 0.562. The average Bonchev–Trinajstić information content (AvgIpc) is 3.01. The summed E-state index contributed by atoms with van der Waals surface area (Å²) in [5, 5.41) is 5.98. The molecule has 1 aliphatic carbocycles. The SMILES string of the molecule is O=C(Nc1cccc(N2CCOCC2)c1)NC1CCCC1. The molecule has 0 radical (unpaired) electrons. The number of ether oxygens (including phenoxy) is 1. The van der Waals surface area contributed by atoms with Crippen LogP contribution in [0.4, 0.5) is 16.2 Å². The zero-order chi connectivity index (χ0) is 14.5. The summed E-state index contributed by atoms with van der Waals surface area (Å²) in [5.41, 5.74) is 1.98.